The summed E-state index contributed by atoms with van der Waals surface area (Å²) in [5.74, 6) is -0.266. The number of amides is 2. The molecule has 0 aromatic carbocycles. The number of piperazine rings is 1. The van der Waals surface area contributed by atoms with Gasteiger partial charge in [0.05, 0.1) is 0 Å². The number of primary amides is 1. The van der Waals surface area contributed by atoms with Crippen molar-refractivity contribution in [1.82, 2.24) is 9.80 Å². The molecular formula is C8H15N3O2. The molecule has 0 saturated carbocycles. The highest BCUT2D eigenvalue weighted by Gasteiger charge is 2.14. The zero-order chi connectivity index (χ0) is 9.68. The van der Waals surface area contributed by atoms with Gasteiger partial charge in [0.1, 0.15) is 0 Å². The van der Waals surface area contributed by atoms with E-state index < -0.39 is 0 Å². The van der Waals surface area contributed by atoms with E-state index in [0.29, 0.717) is 13.0 Å². The van der Waals surface area contributed by atoms with Crippen molar-refractivity contribution in [2.75, 3.05) is 32.7 Å². The second-order valence-electron chi connectivity index (χ2n) is 3.20. The Morgan fingerprint density at radius 3 is 2.38 bits per heavy atom. The number of rotatable bonds is 4. The Labute approximate surface area is 77.5 Å². The Morgan fingerprint density at radius 1 is 1.31 bits per heavy atom. The molecule has 0 aliphatic carbocycles. The third kappa shape index (κ3) is 3.42. The van der Waals surface area contributed by atoms with Crippen LogP contribution in [0.5, 0.6) is 0 Å². The predicted molar refractivity (Wildman–Crippen MR) is 47.9 cm³/mol. The average Bonchev–Trinajstić information content (AvgIpc) is 2.15. The maximum atomic E-state index is 10.5. The molecule has 1 aliphatic rings. The Balaban J connectivity index is 2.17. The van der Waals surface area contributed by atoms with Crippen LogP contribution in [0, 0.1) is 0 Å². The molecule has 0 unspecified atom stereocenters. The first-order chi connectivity index (χ1) is 6.22. The Morgan fingerprint density at radius 2 is 1.92 bits per heavy atom. The van der Waals surface area contributed by atoms with Gasteiger partial charge in [-0.3, -0.25) is 14.5 Å². The molecule has 1 aliphatic heterocycles. The van der Waals surface area contributed by atoms with Gasteiger partial charge in [-0.1, -0.05) is 0 Å². The highest BCUT2D eigenvalue weighted by Crippen LogP contribution is 1.99. The van der Waals surface area contributed by atoms with Crippen molar-refractivity contribution >= 4 is 12.3 Å². The smallest absolute Gasteiger partial charge is 0.218 e. The van der Waals surface area contributed by atoms with Crippen molar-refractivity contribution in [1.29, 1.82) is 0 Å². The third-order valence-corrected chi connectivity index (χ3v) is 2.23. The summed E-state index contributed by atoms with van der Waals surface area (Å²) < 4.78 is 0. The fourth-order valence-corrected chi connectivity index (χ4v) is 1.36. The second kappa shape index (κ2) is 4.81. The monoisotopic (exact) mass is 185 g/mol. The lowest BCUT2D eigenvalue weighted by Gasteiger charge is -2.32. The van der Waals surface area contributed by atoms with Crippen LogP contribution in [0.25, 0.3) is 0 Å². The zero-order valence-electron chi connectivity index (χ0n) is 7.61. The highest BCUT2D eigenvalue weighted by molar-refractivity contribution is 5.73. The Kier molecular flexibility index (Phi) is 3.70. The van der Waals surface area contributed by atoms with E-state index >= 15 is 0 Å². The molecule has 74 valence electrons. The molecule has 0 bridgehead atoms. The van der Waals surface area contributed by atoms with Gasteiger partial charge < -0.3 is 10.6 Å². The summed E-state index contributed by atoms with van der Waals surface area (Å²) in [6.45, 7) is 3.89. The molecule has 5 heteroatoms. The molecule has 0 spiro atoms. The van der Waals surface area contributed by atoms with Gasteiger partial charge in [-0.05, 0) is 0 Å². The first-order valence-electron chi connectivity index (χ1n) is 4.42. The Bertz CT molecular complexity index is 188. The van der Waals surface area contributed by atoms with Crippen LogP contribution in [0.15, 0.2) is 0 Å². The van der Waals surface area contributed by atoms with Gasteiger partial charge in [0, 0.05) is 39.1 Å². The first kappa shape index (κ1) is 9.98. The van der Waals surface area contributed by atoms with Gasteiger partial charge in [0.25, 0.3) is 0 Å². The molecule has 0 aromatic rings. The fourth-order valence-electron chi connectivity index (χ4n) is 1.36. The minimum atomic E-state index is -0.266. The van der Waals surface area contributed by atoms with E-state index in [1.807, 2.05) is 0 Å². The van der Waals surface area contributed by atoms with E-state index in [1.165, 1.54) is 0 Å². The summed E-state index contributed by atoms with van der Waals surface area (Å²) >= 11 is 0. The minimum Gasteiger partial charge on any atom is -0.370 e. The topological polar surface area (TPSA) is 66.6 Å². The standard InChI is InChI=1S/C8H15N3O2/c9-8(13)1-2-10-3-5-11(7-12)6-4-10/h7H,1-6H2,(H2,9,13). The quantitative estimate of drug-likeness (QED) is 0.550. The van der Waals surface area contributed by atoms with E-state index in [0.717, 1.165) is 32.6 Å². The van der Waals surface area contributed by atoms with Crippen LogP contribution in [0.3, 0.4) is 0 Å². The van der Waals surface area contributed by atoms with E-state index in [-0.39, 0.29) is 5.91 Å². The fraction of sp³-hybridized carbons (Fsp3) is 0.750. The van der Waals surface area contributed by atoms with Crippen molar-refractivity contribution < 1.29 is 9.59 Å². The molecule has 1 saturated heterocycles. The van der Waals surface area contributed by atoms with Crippen molar-refractivity contribution in [3.8, 4) is 0 Å². The van der Waals surface area contributed by atoms with Gasteiger partial charge in [0.2, 0.25) is 12.3 Å². The van der Waals surface area contributed by atoms with Gasteiger partial charge in [0.15, 0.2) is 0 Å². The molecule has 13 heavy (non-hydrogen) atoms. The van der Waals surface area contributed by atoms with Crippen LogP contribution in [0.4, 0.5) is 0 Å². The number of nitrogens with zero attached hydrogens (tertiary/aromatic N) is 2. The summed E-state index contributed by atoms with van der Waals surface area (Å²) in [5.41, 5.74) is 5.03. The number of hydrogen-bond acceptors (Lipinski definition) is 3. The predicted octanol–water partition coefficient (Wildman–Crippen LogP) is -1.36. The van der Waals surface area contributed by atoms with Gasteiger partial charge in [-0.15, -0.1) is 0 Å². The van der Waals surface area contributed by atoms with Crippen LogP contribution in [-0.4, -0.2) is 54.8 Å². The van der Waals surface area contributed by atoms with Crippen LogP contribution in [-0.2, 0) is 9.59 Å². The molecule has 0 atom stereocenters. The molecular weight excluding hydrogens is 170 g/mol. The highest BCUT2D eigenvalue weighted by atomic mass is 16.1. The van der Waals surface area contributed by atoms with E-state index in [9.17, 15) is 9.59 Å². The molecule has 1 heterocycles. The molecule has 2 N–H and O–H groups in total. The van der Waals surface area contributed by atoms with Crippen LogP contribution < -0.4 is 5.73 Å². The average molecular weight is 185 g/mol. The van der Waals surface area contributed by atoms with Crippen molar-refractivity contribution in [3.63, 3.8) is 0 Å². The maximum Gasteiger partial charge on any atom is 0.218 e. The van der Waals surface area contributed by atoms with E-state index in [2.05, 4.69) is 4.90 Å². The van der Waals surface area contributed by atoms with Gasteiger partial charge >= 0.3 is 0 Å². The lowest BCUT2D eigenvalue weighted by atomic mass is 10.3. The van der Waals surface area contributed by atoms with Crippen molar-refractivity contribution in [2.45, 2.75) is 6.42 Å². The normalized spacial score (nSPS) is 18.6. The summed E-state index contributed by atoms with van der Waals surface area (Å²) in [6.07, 6.45) is 1.27. The van der Waals surface area contributed by atoms with Crippen LogP contribution in [0.1, 0.15) is 6.42 Å². The lowest BCUT2D eigenvalue weighted by Crippen LogP contribution is -2.46. The molecule has 0 radical (unpaired) electrons. The molecule has 2 amide bonds. The summed E-state index contributed by atoms with van der Waals surface area (Å²) in [5, 5.41) is 0. The molecule has 1 fully saturated rings. The van der Waals surface area contributed by atoms with E-state index in [1.54, 1.807) is 4.90 Å². The number of carbonyl (C=O) groups is 2. The molecule has 1 rings (SSSR count). The molecule has 5 nitrogen and oxygen atoms in total. The second-order valence-corrected chi connectivity index (χ2v) is 3.20. The van der Waals surface area contributed by atoms with Gasteiger partial charge in [-0.2, -0.15) is 0 Å². The Hall–Kier alpha value is -1.10. The van der Waals surface area contributed by atoms with E-state index in [4.69, 9.17) is 5.73 Å². The first-order valence-corrected chi connectivity index (χ1v) is 4.42. The summed E-state index contributed by atoms with van der Waals surface area (Å²) in [6, 6.07) is 0. The maximum absolute atomic E-state index is 10.5. The van der Waals surface area contributed by atoms with Crippen molar-refractivity contribution in [2.24, 2.45) is 5.73 Å². The van der Waals surface area contributed by atoms with Crippen LogP contribution in [0.2, 0.25) is 0 Å². The number of nitrogens with two attached hydrogens (primary N) is 1. The lowest BCUT2D eigenvalue weighted by molar-refractivity contribution is -0.121. The van der Waals surface area contributed by atoms with Gasteiger partial charge in [-0.25, -0.2) is 0 Å². The van der Waals surface area contributed by atoms with Crippen LogP contribution >= 0.6 is 0 Å². The summed E-state index contributed by atoms with van der Waals surface area (Å²) in [4.78, 5) is 24.7. The molecule has 0 aromatic heterocycles. The minimum absolute atomic E-state index is 0.266. The zero-order valence-corrected chi connectivity index (χ0v) is 7.61. The SMILES string of the molecule is NC(=O)CCN1CCN(C=O)CC1. The number of carbonyl (C=O) groups excluding carboxylic acids is 2. The largest absolute Gasteiger partial charge is 0.370 e. The summed E-state index contributed by atoms with van der Waals surface area (Å²) in [7, 11) is 0. The van der Waals surface area contributed by atoms with Crippen molar-refractivity contribution in [3.05, 3.63) is 0 Å². The number of hydrogen-bond donors (Lipinski definition) is 1. The third-order valence-electron chi connectivity index (χ3n) is 2.23.